The molecule has 1 N–H and O–H groups in total. The second-order valence-electron chi connectivity index (χ2n) is 8.36. The molecule has 158 valence electrons. The van der Waals surface area contributed by atoms with Crippen LogP contribution < -0.4 is 5.56 Å². The number of H-pyrrole nitrogens is 1. The van der Waals surface area contributed by atoms with Gasteiger partial charge in [-0.05, 0) is 50.6 Å². The van der Waals surface area contributed by atoms with Gasteiger partial charge < -0.3 is 4.98 Å². The van der Waals surface area contributed by atoms with E-state index >= 15 is 0 Å². The largest absolute Gasteiger partial charge is 0.326 e. The predicted octanol–water partition coefficient (Wildman–Crippen LogP) is 4.68. The summed E-state index contributed by atoms with van der Waals surface area (Å²) in [5.74, 6) is 0. The van der Waals surface area contributed by atoms with Crippen molar-refractivity contribution in [2.45, 2.75) is 45.8 Å². The Bertz CT molecular complexity index is 1040. The van der Waals surface area contributed by atoms with Gasteiger partial charge in [-0.2, -0.15) is 0 Å². The minimum Gasteiger partial charge on any atom is -0.326 e. The number of hydrogen-bond donors (Lipinski definition) is 1. The number of nitrogens with zero attached hydrogens (tertiary/aromatic N) is 2. The molecular weight excluding hydrogens is 390 g/mol. The number of likely N-dealkylation sites (tertiary alicyclic amines) is 1. The van der Waals surface area contributed by atoms with Gasteiger partial charge in [-0.1, -0.05) is 37.3 Å². The molecule has 3 aromatic rings. The highest BCUT2D eigenvalue weighted by atomic mass is 32.1. The zero-order chi connectivity index (χ0) is 21.1. The van der Waals surface area contributed by atoms with Crippen LogP contribution in [0.2, 0.25) is 0 Å². The molecule has 4 nitrogen and oxygen atoms in total. The number of rotatable bonds is 7. The van der Waals surface area contributed by atoms with Crippen LogP contribution in [-0.2, 0) is 19.5 Å². The lowest BCUT2D eigenvalue weighted by Crippen LogP contribution is -2.33. The number of pyridine rings is 1. The van der Waals surface area contributed by atoms with E-state index in [1.165, 1.54) is 21.7 Å². The fourth-order valence-electron chi connectivity index (χ4n) is 4.32. The molecule has 1 unspecified atom stereocenters. The first-order valence-electron chi connectivity index (χ1n) is 10.8. The summed E-state index contributed by atoms with van der Waals surface area (Å²) in [5.41, 5.74) is 4.39. The maximum Gasteiger partial charge on any atom is 0.251 e. The minimum atomic E-state index is 0.0385. The van der Waals surface area contributed by atoms with Crippen molar-refractivity contribution >= 4 is 11.3 Å². The smallest absolute Gasteiger partial charge is 0.251 e. The summed E-state index contributed by atoms with van der Waals surface area (Å²) in [5, 5.41) is 0. The van der Waals surface area contributed by atoms with Crippen LogP contribution in [0.3, 0.4) is 0 Å². The SMILES string of the molecule is CCc1cc(-c2ccc(CN(C)C3CCN(Cc4ccccc4)C3)s2)c(C)[nH]c1=O. The molecular formula is C25H31N3OS. The lowest BCUT2D eigenvalue weighted by molar-refractivity contribution is 0.224. The second-order valence-corrected chi connectivity index (χ2v) is 9.53. The van der Waals surface area contributed by atoms with Gasteiger partial charge in [-0.25, -0.2) is 0 Å². The summed E-state index contributed by atoms with van der Waals surface area (Å²) < 4.78 is 0. The maximum absolute atomic E-state index is 12.0. The van der Waals surface area contributed by atoms with Crippen molar-refractivity contribution in [1.29, 1.82) is 0 Å². The zero-order valence-corrected chi connectivity index (χ0v) is 19.0. The number of hydrogen-bond acceptors (Lipinski definition) is 4. The molecule has 0 bridgehead atoms. The Hall–Kier alpha value is -2.21. The normalized spacial score (nSPS) is 17.1. The Morgan fingerprint density at radius 1 is 1.20 bits per heavy atom. The third kappa shape index (κ3) is 4.75. The van der Waals surface area contributed by atoms with Gasteiger partial charge in [0.05, 0.1) is 0 Å². The van der Waals surface area contributed by atoms with Gasteiger partial charge in [0.1, 0.15) is 0 Å². The molecule has 0 aliphatic carbocycles. The molecule has 1 saturated heterocycles. The molecule has 0 amide bonds. The van der Waals surface area contributed by atoms with Crippen LogP contribution in [0.4, 0.5) is 0 Å². The molecule has 0 saturated carbocycles. The Balaban J connectivity index is 1.39. The summed E-state index contributed by atoms with van der Waals surface area (Å²) >= 11 is 1.84. The summed E-state index contributed by atoms with van der Waals surface area (Å²) in [6, 6.07) is 17.9. The number of thiophene rings is 1. The van der Waals surface area contributed by atoms with Gasteiger partial charge in [0.25, 0.3) is 5.56 Å². The monoisotopic (exact) mass is 421 g/mol. The van der Waals surface area contributed by atoms with Crippen LogP contribution in [-0.4, -0.2) is 41.0 Å². The van der Waals surface area contributed by atoms with Crippen molar-refractivity contribution in [3.63, 3.8) is 0 Å². The highest BCUT2D eigenvalue weighted by Crippen LogP contribution is 2.31. The molecule has 3 heterocycles. The van der Waals surface area contributed by atoms with E-state index < -0.39 is 0 Å². The quantitative estimate of drug-likeness (QED) is 0.602. The van der Waals surface area contributed by atoms with Crippen molar-refractivity contribution < 1.29 is 0 Å². The summed E-state index contributed by atoms with van der Waals surface area (Å²) in [4.78, 5) is 22.7. The lowest BCUT2D eigenvalue weighted by atomic mass is 10.1. The first-order chi connectivity index (χ1) is 14.5. The number of likely N-dealkylation sites (N-methyl/N-ethyl adjacent to an activating group) is 1. The average molecular weight is 422 g/mol. The van der Waals surface area contributed by atoms with E-state index in [0.717, 1.165) is 49.4 Å². The third-order valence-electron chi connectivity index (χ3n) is 6.15. The fourth-order valence-corrected chi connectivity index (χ4v) is 5.47. The van der Waals surface area contributed by atoms with E-state index in [4.69, 9.17) is 0 Å². The molecule has 1 fully saturated rings. The van der Waals surface area contributed by atoms with Gasteiger partial charge >= 0.3 is 0 Å². The van der Waals surface area contributed by atoms with Crippen LogP contribution in [0.25, 0.3) is 10.4 Å². The standard InChI is InChI=1S/C25H31N3OS/c1-4-20-14-23(18(2)26-25(20)29)24-11-10-22(30-24)17-27(3)21-12-13-28(16-21)15-19-8-6-5-7-9-19/h5-11,14,21H,4,12-13,15-17H2,1-3H3,(H,26,29). The number of aromatic amines is 1. The average Bonchev–Trinajstić information content (AvgIpc) is 3.39. The third-order valence-corrected chi connectivity index (χ3v) is 7.25. The molecule has 30 heavy (non-hydrogen) atoms. The second kappa shape index (κ2) is 9.29. The number of aromatic nitrogens is 1. The van der Waals surface area contributed by atoms with Crippen molar-refractivity contribution in [3.8, 4) is 10.4 Å². The van der Waals surface area contributed by atoms with E-state index in [2.05, 4.69) is 70.4 Å². The molecule has 1 aromatic carbocycles. The van der Waals surface area contributed by atoms with E-state index in [1.54, 1.807) is 0 Å². The first-order valence-corrected chi connectivity index (χ1v) is 11.6. The van der Waals surface area contributed by atoms with Crippen LogP contribution in [0, 0.1) is 6.92 Å². The maximum atomic E-state index is 12.0. The van der Waals surface area contributed by atoms with E-state index in [1.807, 2.05) is 25.2 Å². The summed E-state index contributed by atoms with van der Waals surface area (Å²) in [7, 11) is 2.25. The van der Waals surface area contributed by atoms with Gasteiger partial charge in [0.15, 0.2) is 0 Å². The Morgan fingerprint density at radius 2 is 2.00 bits per heavy atom. The van der Waals surface area contributed by atoms with E-state index in [-0.39, 0.29) is 5.56 Å². The van der Waals surface area contributed by atoms with Gasteiger partial charge in [0.2, 0.25) is 0 Å². The molecule has 0 radical (unpaired) electrons. The summed E-state index contributed by atoms with van der Waals surface area (Å²) in [6.45, 7) is 8.32. The van der Waals surface area contributed by atoms with Crippen LogP contribution in [0.1, 0.15) is 35.0 Å². The Labute approximate surface area is 183 Å². The molecule has 1 atom stereocenters. The molecule has 1 aliphatic rings. The lowest BCUT2D eigenvalue weighted by Gasteiger charge is -2.24. The van der Waals surface area contributed by atoms with Crippen molar-refractivity contribution in [1.82, 2.24) is 14.8 Å². The van der Waals surface area contributed by atoms with E-state index in [0.29, 0.717) is 6.04 Å². The van der Waals surface area contributed by atoms with Crippen molar-refractivity contribution in [2.24, 2.45) is 0 Å². The van der Waals surface area contributed by atoms with E-state index in [9.17, 15) is 4.79 Å². The molecule has 4 rings (SSSR count). The van der Waals surface area contributed by atoms with Gasteiger partial charge in [0, 0.05) is 58.8 Å². The highest BCUT2D eigenvalue weighted by Gasteiger charge is 2.26. The van der Waals surface area contributed by atoms with Gasteiger partial charge in [-0.3, -0.25) is 14.6 Å². The van der Waals surface area contributed by atoms with Crippen molar-refractivity contribution in [3.05, 3.63) is 80.6 Å². The Kier molecular flexibility index (Phi) is 6.52. The Morgan fingerprint density at radius 3 is 2.77 bits per heavy atom. The topological polar surface area (TPSA) is 39.3 Å². The minimum absolute atomic E-state index is 0.0385. The number of nitrogens with one attached hydrogen (secondary N) is 1. The molecule has 5 heteroatoms. The highest BCUT2D eigenvalue weighted by molar-refractivity contribution is 7.15. The van der Waals surface area contributed by atoms with Crippen LogP contribution in [0.15, 0.2) is 53.3 Å². The first kappa shape index (κ1) is 21.0. The fraction of sp³-hybridized carbons (Fsp3) is 0.400. The van der Waals surface area contributed by atoms with Gasteiger partial charge in [-0.15, -0.1) is 11.3 Å². The van der Waals surface area contributed by atoms with Crippen LogP contribution >= 0.6 is 11.3 Å². The predicted molar refractivity (Wildman–Crippen MR) is 126 cm³/mol. The van der Waals surface area contributed by atoms with Crippen molar-refractivity contribution in [2.75, 3.05) is 20.1 Å². The molecule has 0 spiro atoms. The molecule has 2 aromatic heterocycles. The van der Waals surface area contributed by atoms with Crippen LogP contribution in [0.5, 0.6) is 0 Å². The summed E-state index contributed by atoms with van der Waals surface area (Å²) in [6.07, 6.45) is 1.98. The number of aryl methyl sites for hydroxylation is 2. The zero-order valence-electron chi connectivity index (χ0n) is 18.1. The number of benzene rings is 1. The molecule has 1 aliphatic heterocycles.